The molecule has 1 fully saturated rings. The first-order valence-electron chi connectivity index (χ1n) is 11.1. The number of methoxy groups -OCH3 is 1. The molecule has 1 N–H and O–H groups in total. The molecule has 6 heteroatoms. The zero-order valence-electron chi connectivity index (χ0n) is 18.1. The third-order valence-corrected chi connectivity index (χ3v) is 5.94. The van der Waals surface area contributed by atoms with Crippen LogP contribution in [0, 0.1) is 5.92 Å². The number of hydrogen-bond acceptors (Lipinski definition) is 5. The maximum atomic E-state index is 12.6. The molecule has 2 heterocycles. The summed E-state index contributed by atoms with van der Waals surface area (Å²) >= 11 is 0. The van der Waals surface area contributed by atoms with Crippen molar-refractivity contribution >= 4 is 5.91 Å². The maximum Gasteiger partial charge on any atom is 0.234 e. The number of ether oxygens (including phenoxy) is 2. The van der Waals surface area contributed by atoms with Crippen molar-refractivity contribution in [2.75, 3.05) is 53.0 Å². The second-order valence-corrected chi connectivity index (χ2v) is 8.41. The Morgan fingerprint density at radius 1 is 1.28 bits per heavy atom. The Bertz CT molecular complexity index is 640. The van der Waals surface area contributed by atoms with Crippen molar-refractivity contribution in [1.82, 2.24) is 15.1 Å². The molecule has 2 atom stereocenters. The number of amides is 1. The number of nitrogens with zero attached hydrogens (tertiary/aromatic N) is 2. The summed E-state index contributed by atoms with van der Waals surface area (Å²) in [6, 6.07) is 8.22. The van der Waals surface area contributed by atoms with E-state index in [2.05, 4.69) is 28.1 Å². The number of carbonyl (C=O) groups is 1. The molecule has 0 aromatic heterocycles. The molecule has 0 bridgehead atoms. The van der Waals surface area contributed by atoms with Gasteiger partial charge >= 0.3 is 0 Å². The Morgan fingerprint density at radius 3 is 2.97 bits per heavy atom. The van der Waals surface area contributed by atoms with Gasteiger partial charge in [-0.25, -0.2) is 0 Å². The monoisotopic (exact) mass is 403 g/mol. The van der Waals surface area contributed by atoms with Gasteiger partial charge in [-0.05, 0) is 37.8 Å². The topological polar surface area (TPSA) is 54.0 Å². The van der Waals surface area contributed by atoms with Gasteiger partial charge in [0.25, 0.3) is 0 Å². The Balaban J connectivity index is 1.48. The molecule has 0 spiro atoms. The fourth-order valence-electron chi connectivity index (χ4n) is 4.28. The van der Waals surface area contributed by atoms with E-state index >= 15 is 0 Å². The fourth-order valence-corrected chi connectivity index (χ4v) is 4.28. The summed E-state index contributed by atoms with van der Waals surface area (Å²) in [5.74, 6) is 1.63. The minimum atomic E-state index is 0.119. The maximum absolute atomic E-state index is 12.6. The molecular formula is C23H37N3O3. The van der Waals surface area contributed by atoms with E-state index in [1.807, 2.05) is 18.2 Å². The molecule has 0 saturated carbocycles. The highest BCUT2D eigenvalue weighted by Gasteiger charge is 2.25. The number of hydrogen-bond donors (Lipinski definition) is 1. The molecule has 162 valence electrons. The lowest BCUT2D eigenvalue weighted by Gasteiger charge is -2.23. The van der Waals surface area contributed by atoms with Crippen LogP contribution >= 0.6 is 0 Å². The first-order valence-corrected chi connectivity index (χ1v) is 11.1. The summed E-state index contributed by atoms with van der Waals surface area (Å²) in [5.41, 5.74) is 1.17. The molecule has 2 aliphatic heterocycles. The molecule has 6 nitrogen and oxygen atoms in total. The number of carbonyl (C=O) groups excluding carboxylic acids is 1. The third kappa shape index (κ3) is 6.98. The van der Waals surface area contributed by atoms with Crippen molar-refractivity contribution in [2.24, 2.45) is 5.92 Å². The highest BCUT2D eigenvalue weighted by molar-refractivity contribution is 5.78. The van der Waals surface area contributed by atoms with E-state index in [1.165, 1.54) is 5.56 Å². The van der Waals surface area contributed by atoms with Gasteiger partial charge in [0.1, 0.15) is 11.9 Å². The predicted molar refractivity (Wildman–Crippen MR) is 115 cm³/mol. The number of unbranched alkanes of at least 4 members (excludes halogenated alkanes) is 1. The van der Waals surface area contributed by atoms with Gasteiger partial charge in [0.2, 0.25) is 5.91 Å². The number of nitrogens with one attached hydrogen (secondary N) is 1. The predicted octanol–water partition coefficient (Wildman–Crippen LogP) is 2.52. The average Bonchev–Trinajstić information content (AvgIpc) is 3.10. The van der Waals surface area contributed by atoms with Gasteiger partial charge in [0.05, 0.1) is 13.2 Å². The molecule has 1 saturated heterocycles. The van der Waals surface area contributed by atoms with E-state index in [9.17, 15) is 4.79 Å². The molecule has 2 unspecified atom stereocenters. The van der Waals surface area contributed by atoms with E-state index in [-0.39, 0.29) is 12.0 Å². The van der Waals surface area contributed by atoms with E-state index in [0.29, 0.717) is 12.5 Å². The van der Waals surface area contributed by atoms with Crippen molar-refractivity contribution < 1.29 is 14.3 Å². The molecule has 1 aromatic rings. The standard InChI is InChI=1S/C23H37N3O3/c1-3-4-8-21-17-26(16-20-7-5-6-9-22(20)29-21)18-23(27)24-14-19-10-11-25(15-19)12-13-28-2/h5-7,9,19,21H,3-4,8,10-18H2,1-2H3,(H,24,27). The smallest absolute Gasteiger partial charge is 0.234 e. The Hall–Kier alpha value is -1.63. The lowest BCUT2D eigenvalue weighted by Crippen LogP contribution is -2.42. The van der Waals surface area contributed by atoms with Crippen LogP contribution in [0.5, 0.6) is 5.75 Å². The molecule has 3 rings (SSSR count). The second-order valence-electron chi connectivity index (χ2n) is 8.41. The normalized spacial score (nSPS) is 22.7. The van der Waals surface area contributed by atoms with E-state index < -0.39 is 0 Å². The van der Waals surface area contributed by atoms with Gasteiger partial charge in [-0.15, -0.1) is 0 Å². The van der Waals surface area contributed by atoms with Crippen LogP contribution in [0.3, 0.4) is 0 Å². The quantitative estimate of drug-likeness (QED) is 0.651. The highest BCUT2D eigenvalue weighted by Crippen LogP contribution is 2.26. The number of rotatable bonds is 10. The zero-order chi connectivity index (χ0) is 20.5. The number of para-hydroxylation sites is 1. The van der Waals surface area contributed by atoms with Crippen LogP contribution in [-0.2, 0) is 16.1 Å². The van der Waals surface area contributed by atoms with Crippen LogP contribution in [0.4, 0.5) is 0 Å². The summed E-state index contributed by atoms with van der Waals surface area (Å²) in [7, 11) is 1.74. The molecule has 1 amide bonds. The van der Waals surface area contributed by atoms with Crippen LogP contribution in [0.1, 0.15) is 38.2 Å². The van der Waals surface area contributed by atoms with Crippen LogP contribution < -0.4 is 10.1 Å². The van der Waals surface area contributed by atoms with Crippen LogP contribution in [0.25, 0.3) is 0 Å². The summed E-state index contributed by atoms with van der Waals surface area (Å²) in [4.78, 5) is 17.3. The van der Waals surface area contributed by atoms with Gasteiger partial charge in [0.15, 0.2) is 0 Å². The number of benzene rings is 1. The minimum absolute atomic E-state index is 0.119. The lowest BCUT2D eigenvalue weighted by atomic mass is 10.1. The Morgan fingerprint density at radius 2 is 2.14 bits per heavy atom. The van der Waals surface area contributed by atoms with Crippen molar-refractivity contribution in [3.63, 3.8) is 0 Å². The Labute approximate surface area is 175 Å². The van der Waals surface area contributed by atoms with Crippen LogP contribution in [0.2, 0.25) is 0 Å². The van der Waals surface area contributed by atoms with E-state index in [4.69, 9.17) is 9.47 Å². The first kappa shape index (κ1) is 22.1. The van der Waals surface area contributed by atoms with Gasteiger partial charge in [-0.2, -0.15) is 0 Å². The lowest BCUT2D eigenvalue weighted by molar-refractivity contribution is -0.122. The van der Waals surface area contributed by atoms with Gasteiger partial charge in [-0.1, -0.05) is 31.5 Å². The largest absolute Gasteiger partial charge is 0.489 e. The van der Waals surface area contributed by atoms with Crippen molar-refractivity contribution in [1.29, 1.82) is 0 Å². The molecular weight excluding hydrogens is 366 g/mol. The van der Waals surface area contributed by atoms with Crippen molar-refractivity contribution in [3.8, 4) is 5.75 Å². The summed E-state index contributed by atoms with van der Waals surface area (Å²) in [5, 5.41) is 3.17. The van der Waals surface area contributed by atoms with Gasteiger partial charge < -0.3 is 19.7 Å². The third-order valence-electron chi connectivity index (χ3n) is 5.94. The molecule has 29 heavy (non-hydrogen) atoms. The molecule has 1 aromatic carbocycles. The molecule has 0 radical (unpaired) electrons. The van der Waals surface area contributed by atoms with Crippen LogP contribution in [0.15, 0.2) is 24.3 Å². The summed E-state index contributed by atoms with van der Waals surface area (Å²) in [6.45, 7) is 8.87. The Kier molecular flexibility index (Phi) is 8.77. The molecule has 0 aliphatic carbocycles. The molecule has 2 aliphatic rings. The summed E-state index contributed by atoms with van der Waals surface area (Å²) in [6.07, 6.45) is 4.63. The zero-order valence-corrected chi connectivity index (χ0v) is 18.1. The van der Waals surface area contributed by atoms with Gasteiger partial charge in [0, 0.05) is 45.4 Å². The first-order chi connectivity index (χ1) is 14.2. The summed E-state index contributed by atoms with van der Waals surface area (Å²) < 4.78 is 11.4. The van der Waals surface area contributed by atoms with E-state index in [1.54, 1.807) is 7.11 Å². The van der Waals surface area contributed by atoms with Gasteiger partial charge in [-0.3, -0.25) is 9.69 Å². The fraction of sp³-hybridized carbons (Fsp3) is 0.696. The van der Waals surface area contributed by atoms with E-state index in [0.717, 1.165) is 77.3 Å². The SMILES string of the molecule is CCCCC1CN(CC(=O)NCC2CCN(CCOC)C2)Cc2ccccc2O1. The second kappa shape index (κ2) is 11.5. The highest BCUT2D eigenvalue weighted by atomic mass is 16.5. The number of likely N-dealkylation sites (tertiary alicyclic amines) is 1. The van der Waals surface area contributed by atoms with Crippen molar-refractivity contribution in [3.05, 3.63) is 29.8 Å². The number of fused-ring (bicyclic) bond motifs is 1. The van der Waals surface area contributed by atoms with Crippen LogP contribution in [-0.4, -0.2) is 74.8 Å². The average molecular weight is 404 g/mol. The minimum Gasteiger partial charge on any atom is -0.489 e. The van der Waals surface area contributed by atoms with Crippen molar-refractivity contribution in [2.45, 2.75) is 45.3 Å².